The van der Waals surface area contributed by atoms with Crippen molar-refractivity contribution in [2.75, 3.05) is 235 Å². The molecule has 3 aromatic rings. The number of aliphatic hydroxyl groups is 1. The summed E-state index contributed by atoms with van der Waals surface area (Å²) in [4.78, 5) is 128. The number of benzene rings is 2. The highest BCUT2D eigenvalue weighted by molar-refractivity contribution is 8.76. The summed E-state index contributed by atoms with van der Waals surface area (Å²) < 4.78 is 113. The highest BCUT2D eigenvalue weighted by atomic mass is 33.1. The van der Waals surface area contributed by atoms with Crippen LogP contribution in [0.3, 0.4) is 0 Å². The number of nitrogens with two attached hydrogens (primary N) is 1. The number of carbonyl (C=O) groups excluding carboxylic acids is 9. The van der Waals surface area contributed by atoms with E-state index in [0.29, 0.717) is 77.1 Å². The van der Waals surface area contributed by atoms with Gasteiger partial charge in [0.15, 0.2) is 0 Å². The van der Waals surface area contributed by atoms with E-state index < -0.39 is 62.9 Å². The van der Waals surface area contributed by atoms with Crippen molar-refractivity contribution < 1.29 is 166 Å². The molecular formula is C74H119N5O36S4. The second-order valence-electron chi connectivity index (χ2n) is 21.7. The summed E-state index contributed by atoms with van der Waals surface area (Å²) in [6.07, 6.45) is 4.30. The Morgan fingerprint density at radius 1 is 0.622 bits per heavy atom. The quantitative estimate of drug-likeness (QED) is 0.00474. The van der Waals surface area contributed by atoms with Crippen molar-refractivity contribution in [1.82, 2.24) is 14.9 Å². The zero-order valence-electron chi connectivity index (χ0n) is 69.5. The van der Waals surface area contributed by atoms with Crippen LogP contribution in [-0.4, -0.2) is 339 Å². The molecule has 45 heteroatoms. The molecule has 4 heterocycles. The van der Waals surface area contributed by atoms with Crippen molar-refractivity contribution >= 4 is 110 Å². The number of esters is 3. The first kappa shape index (κ1) is 119. The Morgan fingerprint density at radius 3 is 1.52 bits per heavy atom. The summed E-state index contributed by atoms with van der Waals surface area (Å²) >= 11 is 3.88. The Bertz CT molecular complexity index is 3210. The van der Waals surface area contributed by atoms with Gasteiger partial charge < -0.3 is 106 Å². The summed E-state index contributed by atoms with van der Waals surface area (Å²) in [7, 11) is 17.0. The molecule has 3 aliphatic rings. The van der Waals surface area contributed by atoms with Crippen LogP contribution in [0.15, 0.2) is 108 Å². The molecule has 0 bridgehead atoms. The Labute approximate surface area is 708 Å². The van der Waals surface area contributed by atoms with Crippen LogP contribution in [0.25, 0.3) is 0 Å². The van der Waals surface area contributed by atoms with Gasteiger partial charge in [-0.25, -0.2) is 19.4 Å². The van der Waals surface area contributed by atoms with E-state index in [2.05, 4.69) is 76.4 Å². The molecule has 6 rings (SSSR count). The summed E-state index contributed by atoms with van der Waals surface area (Å²) in [6.45, 7) is 14.4. The number of aliphatic hydroxyl groups excluding tert-OH is 1. The molecule has 1 atom stereocenters. The second kappa shape index (κ2) is 86.1. The molecule has 0 aliphatic carbocycles. The Hall–Kier alpha value is -8.27. The van der Waals surface area contributed by atoms with E-state index in [9.17, 15) is 66.5 Å². The van der Waals surface area contributed by atoms with Crippen LogP contribution in [0.1, 0.15) is 44.1 Å². The fraction of sp³-hybridized carbons (Fsp3) is 0.581. The van der Waals surface area contributed by atoms with Gasteiger partial charge in [0.1, 0.15) is 43.3 Å². The van der Waals surface area contributed by atoms with E-state index >= 15 is 0 Å². The normalized spacial score (nSPS) is 12.2. The third-order valence-electron chi connectivity index (χ3n) is 12.3. The zero-order chi connectivity index (χ0) is 90.6. The van der Waals surface area contributed by atoms with Gasteiger partial charge in [-0.3, -0.25) is 52.8 Å². The summed E-state index contributed by atoms with van der Waals surface area (Å²) in [6, 6.07) is 17.5. The van der Waals surface area contributed by atoms with Crippen LogP contribution in [0.2, 0.25) is 0 Å². The van der Waals surface area contributed by atoms with Crippen LogP contribution < -0.4 is 10.5 Å². The molecule has 680 valence electrons. The Balaban J connectivity index is -0.000000409. The van der Waals surface area contributed by atoms with Crippen LogP contribution >= 0.6 is 34.2 Å². The number of thiol groups is 1. The number of nitro benzene ring substituents is 1. The van der Waals surface area contributed by atoms with Gasteiger partial charge in [0.05, 0.1) is 148 Å². The van der Waals surface area contributed by atoms with Gasteiger partial charge in [-0.1, -0.05) is 41.1 Å². The number of rotatable bonds is 46. The minimum Gasteiger partial charge on any atom is -0.481 e. The Morgan fingerprint density at radius 2 is 1.10 bits per heavy atom. The van der Waals surface area contributed by atoms with Crippen LogP contribution in [0, 0.1) is 17.0 Å². The van der Waals surface area contributed by atoms with Crippen molar-refractivity contribution in [2.24, 2.45) is 5.73 Å². The van der Waals surface area contributed by atoms with Gasteiger partial charge >= 0.3 is 36.0 Å². The van der Waals surface area contributed by atoms with E-state index in [1.165, 1.54) is 84.1 Å². The number of epoxide rings is 1. The SMILES string of the molecule is C=CC(=O)OCCOC.COCCN.COCCN1C(=O)C=CC1=O.COCCO.COCCOC(=O)CCC(=O)O.COCCOC(=O)CCC(=O)ON1C(=O)CCC1=O.COCCOC(=O)Oc1ccc([N+](=O)[O-])cc1.COCCOCC1CO1.COCCOS(=O)(=O)c1ccc(C)cc1.COCCS.COCCSSc1ccccn1. The van der Waals surface area contributed by atoms with Gasteiger partial charge in [-0.15, -0.1) is 5.06 Å². The lowest BCUT2D eigenvalue weighted by Crippen LogP contribution is -2.32. The van der Waals surface area contributed by atoms with Gasteiger partial charge in [-0.05, 0) is 54.1 Å². The van der Waals surface area contributed by atoms with E-state index in [1.54, 1.807) is 82.6 Å². The van der Waals surface area contributed by atoms with Crippen molar-refractivity contribution in [1.29, 1.82) is 0 Å². The molecule has 2 aromatic carbocycles. The van der Waals surface area contributed by atoms with Crippen LogP contribution in [0.4, 0.5) is 10.5 Å². The summed E-state index contributed by atoms with van der Waals surface area (Å²) in [5.41, 5.74) is 5.94. The van der Waals surface area contributed by atoms with Crippen LogP contribution in [-0.2, 0) is 143 Å². The highest BCUT2D eigenvalue weighted by Gasteiger charge is 2.33. The number of amides is 4. The molecule has 4 amide bonds. The average molecular weight is 1780 g/mol. The van der Waals surface area contributed by atoms with Gasteiger partial charge in [-0.2, -0.15) is 21.0 Å². The van der Waals surface area contributed by atoms with Crippen molar-refractivity contribution in [3.8, 4) is 5.75 Å². The molecule has 0 spiro atoms. The van der Waals surface area contributed by atoms with E-state index in [4.69, 9.17) is 58.0 Å². The molecule has 2 fully saturated rings. The van der Waals surface area contributed by atoms with Gasteiger partial charge in [0.25, 0.3) is 39.4 Å². The number of hydroxylamine groups is 2. The lowest BCUT2D eigenvalue weighted by atomic mass is 10.2. The zero-order valence-corrected chi connectivity index (χ0v) is 72.8. The van der Waals surface area contributed by atoms with E-state index in [-0.39, 0.29) is 120 Å². The molecule has 41 nitrogen and oxygen atoms in total. The molecule has 2 saturated heterocycles. The number of ether oxygens (including phenoxy) is 18. The number of aliphatic carboxylic acids is 1. The number of nitro groups is 1. The fourth-order valence-electron chi connectivity index (χ4n) is 6.37. The topological polar surface area (TPSA) is 522 Å². The highest BCUT2D eigenvalue weighted by Crippen LogP contribution is 2.28. The lowest BCUT2D eigenvalue weighted by molar-refractivity contribution is -0.384. The summed E-state index contributed by atoms with van der Waals surface area (Å²) in [5, 5.41) is 28.0. The standard InChI is InChI=1S/C11H15NO7.C10H11NO6.C10H14O4S.C8H11NOS2.C7H9NO3.C7H12O5.C6H12O3.C6H10O3.C3H9NO.C3H8O2.C3H8OS/c1-17-6-7-18-10(15)4-5-11(16)19-12-8(13)2-3-9(12)14;1-15-6-7-16-10(12)17-9-4-2-8(3-5-9)11(13)14;1-9-3-5-10(6-4-9)15(11,12)14-8-7-13-2;1-10-6-7-11-12-8-4-2-3-5-9-8;1-11-5-4-8-6(9)2-3-7(8)10;1-11-4-5-12-7(10)3-2-6(8)9;1-7-2-3-8-4-6-5-9-6;1-3-6(7)9-5-4-8-2;2*1-5-3-2-4;1-4-2-3-5/h2-7H2,1H3;2-5H,6-7H2,1H3;3-6H,7-8H2,1-2H3;2-5H,6-7H2,1H3;2-3H,4-5H2,1H3;2-5H2,1H3,(H,8,9);6H,2-5H2,1H3;3H,1,4-5H2,2H3;2-4H2,1H3;4H,2-3H2,1H3;5H,2-3H2,1H3. The monoisotopic (exact) mass is 1780 g/mol. The minimum atomic E-state index is -3.63. The number of nitrogens with zero attached hydrogens (tertiary/aromatic N) is 4. The molecule has 1 unspecified atom stereocenters. The lowest BCUT2D eigenvalue weighted by Gasteiger charge is -2.12. The molecule has 0 radical (unpaired) electrons. The van der Waals surface area contributed by atoms with Crippen LogP contribution in [0.5, 0.6) is 5.75 Å². The van der Waals surface area contributed by atoms with Gasteiger partial charge in [0.2, 0.25) is 0 Å². The number of aryl methyl sites for hydroxylation is 1. The predicted octanol–water partition coefficient (Wildman–Crippen LogP) is 4.92. The number of non-ortho nitro benzene ring substituents is 1. The number of carboxylic acid groups (broad SMARTS) is 1. The number of pyridine rings is 1. The minimum absolute atomic E-state index is 0.0329. The van der Waals surface area contributed by atoms with Crippen molar-refractivity contribution in [3.05, 3.63) is 113 Å². The van der Waals surface area contributed by atoms with Gasteiger partial charge in [0, 0.05) is 146 Å². The second-order valence-corrected chi connectivity index (χ2v) is 26.2. The average Bonchev–Trinajstić information content (AvgIpc) is 1.85. The third-order valence-corrected chi connectivity index (χ3v) is 16.0. The number of carboxylic acids is 1. The number of methoxy groups -OCH3 is 11. The number of hydrogen-bond acceptors (Lipinski definition) is 40. The fourth-order valence-corrected chi connectivity index (χ4v) is 9.23. The third kappa shape index (κ3) is 79.3. The number of imide groups is 2. The number of carbonyl (C=O) groups is 10. The maximum Gasteiger partial charge on any atom is 0.513 e. The molecule has 3 aliphatic heterocycles. The smallest absolute Gasteiger partial charge is 0.481 e. The first-order valence-corrected chi connectivity index (χ1v) is 40.1. The molecule has 4 N–H and O–H groups in total. The molecule has 1 aromatic heterocycles. The first-order valence-electron chi connectivity index (χ1n) is 35.7. The van der Waals surface area contributed by atoms with Crippen molar-refractivity contribution in [2.45, 2.75) is 61.5 Å². The molecular weight excluding hydrogens is 1660 g/mol. The number of hydrogen-bond donors (Lipinski definition) is 4. The Kier molecular flexibility index (Phi) is 86.3. The first-order chi connectivity index (χ1) is 57.1. The maximum absolute atomic E-state index is 11.5. The van der Waals surface area contributed by atoms with Crippen molar-refractivity contribution in [3.63, 3.8) is 0 Å². The van der Waals surface area contributed by atoms with E-state index in [1.807, 2.05) is 25.1 Å². The predicted molar refractivity (Wildman–Crippen MR) is 435 cm³/mol. The largest absolute Gasteiger partial charge is 0.513 e. The van der Waals surface area contributed by atoms with E-state index in [0.717, 1.165) is 59.5 Å². The maximum atomic E-state index is 11.5. The summed E-state index contributed by atoms with van der Waals surface area (Å²) in [5.74, 6) is -2.95. The number of aromatic nitrogens is 1. The molecule has 0 saturated carbocycles. The molecule has 119 heavy (non-hydrogen) atoms.